The van der Waals surface area contributed by atoms with Gasteiger partial charge in [0, 0.05) is 17.1 Å². The van der Waals surface area contributed by atoms with Gasteiger partial charge in [-0.05, 0) is 30.5 Å². The third-order valence-electron chi connectivity index (χ3n) is 6.52. The quantitative estimate of drug-likeness (QED) is 0.207. The number of benzene rings is 3. The molecule has 0 bridgehead atoms. The summed E-state index contributed by atoms with van der Waals surface area (Å²) in [7, 11) is 0. The van der Waals surface area contributed by atoms with E-state index in [4.69, 9.17) is 0 Å². The smallest absolute Gasteiger partial charge is 0.271 e. The van der Waals surface area contributed by atoms with Gasteiger partial charge in [0.15, 0.2) is 16.2 Å². The number of carbonyl (C=O) groups is 1. The first kappa shape index (κ1) is 28.7. The van der Waals surface area contributed by atoms with E-state index in [1.165, 1.54) is 23.5 Å². The van der Waals surface area contributed by atoms with Crippen LogP contribution in [-0.4, -0.2) is 26.8 Å². The van der Waals surface area contributed by atoms with Crippen LogP contribution in [0, 0.1) is 42.4 Å². The Hall–Kier alpha value is -4.77. The van der Waals surface area contributed by atoms with Crippen molar-refractivity contribution >= 4 is 40.3 Å². The SMILES string of the molecule is Cc1ccc(C2=NC(SCc3ccc(CSc4nc(-c5ccc(C)cc5)c(C#N)c(=O)[nH]4)cc3)=NC(=O)C2C#N)cc1. The van der Waals surface area contributed by atoms with E-state index in [1.54, 1.807) is 0 Å². The normalized spacial score (nSPS) is 14.5. The van der Waals surface area contributed by atoms with Gasteiger partial charge in [-0.3, -0.25) is 9.59 Å². The fourth-order valence-electron chi connectivity index (χ4n) is 4.18. The Morgan fingerprint density at radius 1 is 0.786 bits per heavy atom. The van der Waals surface area contributed by atoms with Gasteiger partial charge in [-0.25, -0.2) is 9.98 Å². The second-order valence-electron chi connectivity index (χ2n) is 9.62. The number of nitrogens with zero attached hydrogens (tertiary/aromatic N) is 5. The second kappa shape index (κ2) is 12.8. The van der Waals surface area contributed by atoms with Crippen LogP contribution in [0.25, 0.3) is 11.3 Å². The lowest BCUT2D eigenvalue weighted by atomic mass is 9.96. The summed E-state index contributed by atoms with van der Waals surface area (Å²) in [5, 5.41) is 19.8. The van der Waals surface area contributed by atoms with E-state index in [9.17, 15) is 20.1 Å². The number of H-pyrrole nitrogens is 1. The minimum atomic E-state index is -1.01. The number of hydrogen-bond acceptors (Lipinski definition) is 8. The van der Waals surface area contributed by atoms with E-state index < -0.39 is 17.4 Å². The van der Waals surface area contributed by atoms with Crippen molar-refractivity contribution in [3.8, 4) is 23.4 Å². The van der Waals surface area contributed by atoms with Crippen LogP contribution in [0.2, 0.25) is 0 Å². The fourth-order valence-corrected chi connectivity index (χ4v) is 5.80. The maximum atomic E-state index is 12.6. The number of hydrogen-bond donors (Lipinski definition) is 1. The number of aliphatic imine (C=N–C) groups is 2. The molecule has 1 amide bonds. The van der Waals surface area contributed by atoms with Gasteiger partial charge in [0.2, 0.25) is 0 Å². The lowest BCUT2D eigenvalue weighted by molar-refractivity contribution is -0.118. The number of amides is 1. The highest BCUT2D eigenvalue weighted by molar-refractivity contribution is 8.13. The Morgan fingerprint density at radius 3 is 1.93 bits per heavy atom. The van der Waals surface area contributed by atoms with Gasteiger partial charge in [0.25, 0.3) is 11.5 Å². The van der Waals surface area contributed by atoms with E-state index in [0.29, 0.717) is 33.2 Å². The van der Waals surface area contributed by atoms with Gasteiger partial charge in [-0.2, -0.15) is 15.5 Å². The third kappa shape index (κ3) is 6.58. The van der Waals surface area contributed by atoms with E-state index in [-0.39, 0.29) is 5.56 Å². The zero-order valence-electron chi connectivity index (χ0n) is 22.8. The molecule has 206 valence electrons. The van der Waals surface area contributed by atoms with Crippen molar-refractivity contribution in [2.75, 3.05) is 0 Å². The molecule has 5 rings (SSSR count). The topological polar surface area (TPSA) is 135 Å². The molecule has 1 N–H and O–H groups in total. The predicted octanol–water partition coefficient (Wildman–Crippen LogP) is 5.98. The summed E-state index contributed by atoms with van der Waals surface area (Å²) in [6.45, 7) is 3.94. The maximum absolute atomic E-state index is 12.6. The number of nitrogens with one attached hydrogen (secondary N) is 1. The highest BCUT2D eigenvalue weighted by atomic mass is 32.2. The largest absolute Gasteiger partial charge is 0.300 e. The molecule has 1 atom stereocenters. The molecular weight excluding hydrogens is 565 g/mol. The minimum Gasteiger partial charge on any atom is -0.300 e. The summed E-state index contributed by atoms with van der Waals surface area (Å²) in [4.78, 5) is 41.0. The third-order valence-corrected chi connectivity index (χ3v) is 8.38. The highest BCUT2D eigenvalue weighted by Crippen LogP contribution is 2.26. The number of aromatic amines is 1. The zero-order valence-corrected chi connectivity index (χ0v) is 24.4. The summed E-state index contributed by atoms with van der Waals surface area (Å²) >= 11 is 2.72. The number of aryl methyl sites for hydroxylation is 2. The summed E-state index contributed by atoms with van der Waals surface area (Å²) < 4.78 is 0. The van der Waals surface area contributed by atoms with E-state index in [0.717, 1.165) is 33.4 Å². The standard InChI is InChI=1S/C32H24N6O2S2/c1-19-3-11-23(12-4-19)27-25(15-33)29(39)37-31(35-27)41-17-21-7-9-22(10-8-21)18-42-32-36-28(26(16-34)30(40)38-32)24-13-5-20(2)6-14-24/h3-14,25H,17-18H2,1-2H3,(H,36,38,40). The molecule has 4 aromatic rings. The molecule has 1 aliphatic heterocycles. The first-order chi connectivity index (χ1) is 20.3. The second-order valence-corrected chi connectivity index (χ2v) is 11.5. The highest BCUT2D eigenvalue weighted by Gasteiger charge is 2.30. The Kier molecular flexibility index (Phi) is 8.77. The van der Waals surface area contributed by atoms with Crippen LogP contribution in [0.1, 0.15) is 33.4 Å². The molecule has 1 aliphatic rings. The lowest BCUT2D eigenvalue weighted by Gasteiger charge is -2.16. The minimum absolute atomic E-state index is 0.00667. The molecule has 2 heterocycles. The van der Waals surface area contributed by atoms with Crippen LogP contribution in [0.15, 0.2) is 92.7 Å². The number of thioether (sulfide) groups is 2. The molecule has 1 aromatic heterocycles. The van der Waals surface area contributed by atoms with Crippen LogP contribution in [-0.2, 0) is 16.3 Å². The summed E-state index contributed by atoms with van der Waals surface area (Å²) in [5.74, 6) is -0.400. The number of rotatable bonds is 7. The van der Waals surface area contributed by atoms with Crippen molar-refractivity contribution in [1.29, 1.82) is 10.5 Å². The molecule has 0 saturated carbocycles. The molecule has 10 heteroatoms. The van der Waals surface area contributed by atoms with E-state index >= 15 is 0 Å². The lowest BCUT2D eigenvalue weighted by Crippen LogP contribution is -2.27. The number of aromatic nitrogens is 2. The molecule has 8 nitrogen and oxygen atoms in total. The molecule has 1 unspecified atom stereocenters. The van der Waals surface area contributed by atoms with Gasteiger partial charge in [-0.1, -0.05) is 107 Å². The average Bonchev–Trinajstić information content (AvgIpc) is 2.99. The van der Waals surface area contributed by atoms with Gasteiger partial charge in [-0.15, -0.1) is 0 Å². The van der Waals surface area contributed by atoms with Crippen molar-refractivity contribution in [2.45, 2.75) is 30.5 Å². The molecule has 0 saturated heterocycles. The number of carbonyl (C=O) groups excluding carboxylic acids is 1. The van der Waals surface area contributed by atoms with Gasteiger partial charge in [0.05, 0.1) is 17.5 Å². The monoisotopic (exact) mass is 588 g/mol. The van der Waals surface area contributed by atoms with E-state index in [1.807, 2.05) is 98.8 Å². The fraction of sp³-hybridized carbons (Fsp3) is 0.156. The van der Waals surface area contributed by atoms with Gasteiger partial charge < -0.3 is 4.98 Å². The first-order valence-corrected chi connectivity index (χ1v) is 14.9. The predicted molar refractivity (Wildman–Crippen MR) is 166 cm³/mol. The summed E-state index contributed by atoms with van der Waals surface area (Å²) in [5.41, 5.74) is 5.98. The van der Waals surface area contributed by atoms with Crippen molar-refractivity contribution in [3.63, 3.8) is 0 Å². The molecule has 0 fully saturated rings. The Labute approximate surface area is 251 Å². The number of nitriles is 2. The molecule has 0 spiro atoms. The average molecular weight is 589 g/mol. The Balaban J connectivity index is 1.25. The van der Waals surface area contributed by atoms with Crippen molar-refractivity contribution in [3.05, 3.63) is 117 Å². The van der Waals surface area contributed by atoms with Crippen LogP contribution < -0.4 is 5.56 Å². The van der Waals surface area contributed by atoms with Crippen LogP contribution >= 0.6 is 23.5 Å². The molecule has 3 aromatic carbocycles. The van der Waals surface area contributed by atoms with E-state index in [2.05, 4.69) is 20.0 Å². The van der Waals surface area contributed by atoms with Crippen LogP contribution in [0.4, 0.5) is 0 Å². The van der Waals surface area contributed by atoms with Gasteiger partial charge >= 0.3 is 0 Å². The Morgan fingerprint density at radius 2 is 1.36 bits per heavy atom. The molecular formula is C32H24N6O2S2. The number of amidine groups is 1. The Bertz CT molecular complexity index is 1850. The van der Waals surface area contributed by atoms with Crippen LogP contribution in [0.5, 0.6) is 0 Å². The zero-order chi connectivity index (χ0) is 29.6. The molecule has 0 radical (unpaired) electrons. The summed E-state index contributed by atoms with van der Waals surface area (Å²) in [6.07, 6.45) is 0. The molecule has 0 aliphatic carbocycles. The van der Waals surface area contributed by atoms with Crippen molar-refractivity contribution in [1.82, 2.24) is 9.97 Å². The van der Waals surface area contributed by atoms with Gasteiger partial charge in [0.1, 0.15) is 11.6 Å². The van der Waals surface area contributed by atoms with Crippen molar-refractivity contribution < 1.29 is 4.79 Å². The van der Waals surface area contributed by atoms with Crippen molar-refractivity contribution in [2.24, 2.45) is 15.9 Å². The first-order valence-electron chi connectivity index (χ1n) is 13.0. The van der Waals surface area contributed by atoms with Crippen LogP contribution in [0.3, 0.4) is 0 Å². The maximum Gasteiger partial charge on any atom is 0.271 e. The summed E-state index contributed by atoms with van der Waals surface area (Å²) in [6, 6.07) is 27.1. The molecule has 42 heavy (non-hydrogen) atoms.